The van der Waals surface area contributed by atoms with E-state index >= 15 is 0 Å². The molecular weight excluding hydrogens is 387 g/mol. The monoisotopic (exact) mass is 392 g/mol. The first-order valence-corrected chi connectivity index (χ1v) is 6.20. The van der Waals surface area contributed by atoms with Crippen molar-refractivity contribution in [3.8, 4) is 17.3 Å². The van der Waals surface area contributed by atoms with Gasteiger partial charge in [0.2, 0.25) is 5.88 Å². The summed E-state index contributed by atoms with van der Waals surface area (Å²) in [6.45, 7) is 0. The van der Waals surface area contributed by atoms with Crippen molar-refractivity contribution in [3.63, 3.8) is 0 Å². The minimum Gasteiger partial charge on any atom is -0.492 e. The van der Waals surface area contributed by atoms with Crippen molar-refractivity contribution in [2.45, 2.75) is 0 Å². The molecule has 0 saturated carbocycles. The molecule has 4 nitrogen and oxygen atoms in total. The highest BCUT2D eigenvalue weighted by molar-refractivity contribution is 14.1. The molecule has 2 aromatic rings. The average molecular weight is 393 g/mol. The predicted octanol–water partition coefficient (Wildman–Crippen LogP) is 2.51. The fourth-order valence-electron chi connectivity index (χ4n) is 1.19. The number of nitrogens with one attached hydrogen (secondary N) is 1. The second-order valence-corrected chi connectivity index (χ2v) is 5.05. The molecular formula is C10H6BrIN2O2. The summed E-state index contributed by atoms with van der Waals surface area (Å²) in [5.74, 6) is 0.109. The molecule has 6 heteroatoms. The van der Waals surface area contributed by atoms with Gasteiger partial charge in [0.1, 0.15) is 9.39 Å². The Balaban J connectivity index is 2.57. The Morgan fingerprint density at radius 2 is 1.94 bits per heavy atom. The van der Waals surface area contributed by atoms with E-state index in [9.17, 15) is 9.90 Å². The van der Waals surface area contributed by atoms with Crippen LogP contribution in [0.3, 0.4) is 0 Å². The van der Waals surface area contributed by atoms with Gasteiger partial charge < -0.3 is 10.1 Å². The molecule has 0 unspecified atom stereocenters. The van der Waals surface area contributed by atoms with Gasteiger partial charge in [-0.25, -0.2) is 0 Å². The maximum absolute atomic E-state index is 11.4. The number of nitrogens with zero attached hydrogens (tertiary/aromatic N) is 1. The van der Waals surface area contributed by atoms with Gasteiger partial charge in [0, 0.05) is 10.0 Å². The smallest absolute Gasteiger partial charge is 0.268 e. The summed E-state index contributed by atoms with van der Waals surface area (Å²) in [5.41, 5.74) is 0.401. The zero-order valence-electron chi connectivity index (χ0n) is 7.87. The van der Waals surface area contributed by atoms with Gasteiger partial charge >= 0.3 is 0 Å². The Bertz CT molecular complexity index is 580. The van der Waals surface area contributed by atoms with Gasteiger partial charge in [-0.05, 0) is 34.7 Å². The first kappa shape index (κ1) is 11.6. The highest BCUT2D eigenvalue weighted by Crippen LogP contribution is 2.20. The summed E-state index contributed by atoms with van der Waals surface area (Å²) in [5, 5.41) is 9.45. The van der Waals surface area contributed by atoms with E-state index < -0.39 is 0 Å². The van der Waals surface area contributed by atoms with Crippen LogP contribution in [0.2, 0.25) is 0 Å². The largest absolute Gasteiger partial charge is 0.492 e. The standard InChI is InChI=1S/C10H6BrIN2O2/c11-6-3-1-5(2-4-6)8-13-9(15)7(12)10(16)14-8/h1-4H,(H2,13,14,15,16). The lowest BCUT2D eigenvalue weighted by Crippen LogP contribution is -2.12. The summed E-state index contributed by atoms with van der Waals surface area (Å²) in [6, 6.07) is 7.28. The fourth-order valence-corrected chi connectivity index (χ4v) is 1.71. The molecule has 0 aliphatic rings. The molecule has 0 fully saturated rings. The highest BCUT2D eigenvalue weighted by atomic mass is 127. The van der Waals surface area contributed by atoms with Crippen LogP contribution in [0.4, 0.5) is 0 Å². The summed E-state index contributed by atoms with van der Waals surface area (Å²) >= 11 is 5.06. The van der Waals surface area contributed by atoms with E-state index in [0.29, 0.717) is 5.82 Å². The number of H-pyrrole nitrogens is 1. The van der Waals surface area contributed by atoms with Gasteiger partial charge in [0.05, 0.1) is 0 Å². The molecule has 1 heterocycles. The van der Waals surface area contributed by atoms with Crippen molar-refractivity contribution in [1.29, 1.82) is 0 Å². The number of aromatic hydroxyl groups is 1. The molecule has 0 radical (unpaired) electrons. The molecule has 16 heavy (non-hydrogen) atoms. The van der Waals surface area contributed by atoms with Gasteiger partial charge in [-0.3, -0.25) is 4.79 Å². The molecule has 0 aliphatic heterocycles. The minimum atomic E-state index is -0.342. The molecule has 82 valence electrons. The van der Waals surface area contributed by atoms with Crippen molar-refractivity contribution in [3.05, 3.63) is 42.7 Å². The Morgan fingerprint density at radius 1 is 1.31 bits per heavy atom. The predicted molar refractivity (Wildman–Crippen MR) is 72.4 cm³/mol. The van der Waals surface area contributed by atoms with E-state index in [0.717, 1.165) is 10.0 Å². The lowest BCUT2D eigenvalue weighted by Gasteiger charge is -2.02. The van der Waals surface area contributed by atoms with Crippen LogP contribution in [-0.4, -0.2) is 15.1 Å². The molecule has 0 spiro atoms. The Morgan fingerprint density at radius 3 is 2.50 bits per heavy atom. The Kier molecular flexibility index (Phi) is 3.29. The maximum atomic E-state index is 11.4. The van der Waals surface area contributed by atoms with Crippen molar-refractivity contribution in [2.75, 3.05) is 0 Å². The molecule has 0 atom stereocenters. The van der Waals surface area contributed by atoms with E-state index in [1.54, 1.807) is 34.7 Å². The number of rotatable bonds is 1. The van der Waals surface area contributed by atoms with E-state index in [1.807, 2.05) is 12.1 Å². The van der Waals surface area contributed by atoms with Crippen LogP contribution in [0.25, 0.3) is 11.4 Å². The van der Waals surface area contributed by atoms with Gasteiger partial charge in [0.25, 0.3) is 5.56 Å². The van der Waals surface area contributed by atoms with Gasteiger partial charge in [-0.15, -0.1) is 0 Å². The molecule has 1 aromatic carbocycles. The van der Waals surface area contributed by atoms with Crippen molar-refractivity contribution >= 4 is 38.5 Å². The van der Waals surface area contributed by atoms with Crippen LogP contribution in [-0.2, 0) is 0 Å². The third-order valence-electron chi connectivity index (χ3n) is 1.96. The molecule has 2 N–H and O–H groups in total. The van der Waals surface area contributed by atoms with Gasteiger partial charge in [-0.1, -0.05) is 28.1 Å². The maximum Gasteiger partial charge on any atom is 0.268 e. The van der Waals surface area contributed by atoms with Crippen LogP contribution < -0.4 is 5.56 Å². The molecule has 0 aliphatic carbocycles. The SMILES string of the molecule is O=c1[nH]c(-c2ccc(Br)cc2)nc(O)c1I. The summed E-state index contributed by atoms with van der Waals surface area (Å²) in [6.07, 6.45) is 0. The van der Waals surface area contributed by atoms with Crippen LogP contribution in [0.5, 0.6) is 5.88 Å². The van der Waals surface area contributed by atoms with Crippen molar-refractivity contribution in [1.82, 2.24) is 9.97 Å². The normalized spacial score (nSPS) is 10.4. The first-order chi connectivity index (χ1) is 7.58. The fraction of sp³-hybridized carbons (Fsp3) is 0. The third-order valence-corrected chi connectivity index (χ3v) is 3.46. The second kappa shape index (κ2) is 4.54. The van der Waals surface area contributed by atoms with E-state index in [-0.39, 0.29) is 15.0 Å². The Hall–Kier alpha value is -0.890. The number of aromatic amines is 1. The lowest BCUT2D eigenvalue weighted by atomic mass is 10.2. The topological polar surface area (TPSA) is 66.0 Å². The van der Waals surface area contributed by atoms with Gasteiger partial charge in [0.15, 0.2) is 0 Å². The van der Waals surface area contributed by atoms with E-state index in [2.05, 4.69) is 25.9 Å². The zero-order valence-corrected chi connectivity index (χ0v) is 11.6. The summed E-state index contributed by atoms with van der Waals surface area (Å²) in [4.78, 5) is 17.9. The van der Waals surface area contributed by atoms with Crippen LogP contribution in [0, 0.1) is 3.57 Å². The molecule has 1 aromatic heterocycles. The van der Waals surface area contributed by atoms with Crippen LogP contribution in [0.15, 0.2) is 33.5 Å². The van der Waals surface area contributed by atoms with Crippen molar-refractivity contribution in [2.24, 2.45) is 0 Å². The number of aromatic nitrogens is 2. The van der Waals surface area contributed by atoms with Crippen molar-refractivity contribution < 1.29 is 5.11 Å². The van der Waals surface area contributed by atoms with E-state index in [1.165, 1.54) is 0 Å². The number of hydrogen-bond acceptors (Lipinski definition) is 3. The second-order valence-electron chi connectivity index (χ2n) is 3.06. The lowest BCUT2D eigenvalue weighted by molar-refractivity contribution is 0.447. The first-order valence-electron chi connectivity index (χ1n) is 4.32. The number of hydrogen-bond donors (Lipinski definition) is 2. The average Bonchev–Trinajstić information content (AvgIpc) is 2.26. The zero-order chi connectivity index (χ0) is 11.7. The third kappa shape index (κ3) is 2.27. The summed E-state index contributed by atoms with van der Waals surface area (Å²) < 4.78 is 1.13. The minimum absolute atomic E-state index is 0.193. The van der Waals surface area contributed by atoms with E-state index in [4.69, 9.17) is 0 Å². The number of halogens is 2. The van der Waals surface area contributed by atoms with Gasteiger partial charge in [-0.2, -0.15) is 4.98 Å². The van der Waals surface area contributed by atoms with Crippen LogP contribution in [0.1, 0.15) is 0 Å². The summed E-state index contributed by atoms with van der Waals surface area (Å²) in [7, 11) is 0. The molecule has 0 amide bonds. The van der Waals surface area contributed by atoms with Crippen LogP contribution >= 0.6 is 38.5 Å². The molecule has 2 rings (SSSR count). The highest BCUT2D eigenvalue weighted by Gasteiger charge is 2.08. The molecule has 0 saturated heterocycles. The molecule has 0 bridgehead atoms. The Labute approximate surface area is 113 Å². The number of benzene rings is 1. The quantitative estimate of drug-likeness (QED) is 0.733.